The van der Waals surface area contributed by atoms with Crippen LogP contribution < -0.4 is 0 Å². The second-order valence-electron chi connectivity index (χ2n) is 3.79. The van der Waals surface area contributed by atoms with Crippen molar-refractivity contribution in [3.05, 3.63) is 39.4 Å². The van der Waals surface area contributed by atoms with Crippen molar-refractivity contribution in [2.45, 2.75) is 13.8 Å². The molecule has 0 aliphatic heterocycles. The number of aromatic carboxylic acids is 1. The van der Waals surface area contributed by atoms with Gasteiger partial charge in [-0.25, -0.2) is 13.9 Å². The lowest BCUT2D eigenvalue weighted by Gasteiger charge is -2.08. The summed E-state index contributed by atoms with van der Waals surface area (Å²) in [5.74, 6) is -1.60. The summed E-state index contributed by atoms with van der Waals surface area (Å²) in [6.07, 6.45) is 0. The van der Waals surface area contributed by atoms with Gasteiger partial charge < -0.3 is 5.11 Å². The van der Waals surface area contributed by atoms with E-state index in [4.69, 9.17) is 5.11 Å². The fourth-order valence-electron chi connectivity index (χ4n) is 1.62. The van der Waals surface area contributed by atoms with Crippen LogP contribution in [0.5, 0.6) is 0 Å². The van der Waals surface area contributed by atoms with E-state index in [0.29, 0.717) is 15.9 Å². The summed E-state index contributed by atoms with van der Waals surface area (Å²) >= 11 is 3.09. The number of halogens is 2. The first-order valence-corrected chi connectivity index (χ1v) is 5.82. The Balaban J connectivity index is 2.63. The number of hydrogen-bond donors (Lipinski definition) is 1. The molecule has 0 spiro atoms. The number of aromatic nitrogens is 3. The van der Waals surface area contributed by atoms with Crippen molar-refractivity contribution in [1.29, 1.82) is 0 Å². The van der Waals surface area contributed by atoms with Gasteiger partial charge in [-0.05, 0) is 41.4 Å². The zero-order valence-electron chi connectivity index (χ0n) is 9.61. The van der Waals surface area contributed by atoms with Gasteiger partial charge in [-0.15, -0.1) is 5.10 Å². The summed E-state index contributed by atoms with van der Waals surface area (Å²) in [4.78, 5) is 10.9. The highest BCUT2D eigenvalue weighted by Gasteiger charge is 2.18. The SMILES string of the molecule is Cc1cc(Br)c(F)cc1-n1nnc(C(=O)O)c1C. The van der Waals surface area contributed by atoms with Gasteiger partial charge in [0.05, 0.1) is 15.9 Å². The Morgan fingerprint density at radius 1 is 1.44 bits per heavy atom. The van der Waals surface area contributed by atoms with Crippen LogP contribution in [0.2, 0.25) is 0 Å². The second kappa shape index (κ2) is 4.49. The third-order valence-electron chi connectivity index (χ3n) is 2.56. The standard InChI is InChI=1S/C11H9BrFN3O2/c1-5-3-7(12)8(13)4-9(5)16-6(2)10(11(17)18)14-15-16/h3-4H,1-2H3,(H,17,18). The molecule has 0 saturated carbocycles. The van der Waals surface area contributed by atoms with Crippen molar-refractivity contribution in [3.63, 3.8) is 0 Å². The number of carboxylic acids is 1. The van der Waals surface area contributed by atoms with Gasteiger partial charge in [0.15, 0.2) is 5.69 Å². The molecule has 2 rings (SSSR count). The number of benzene rings is 1. The van der Waals surface area contributed by atoms with Gasteiger partial charge in [-0.2, -0.15) is 0 Å². The minimum atomic E-state index is -1.16. The average Bonchev–Trinajstić information content (AvgIpc) is 2.66. The van der Waals surface area contributed by atoms with Gasteiger partial charge in [-0.1, -0.05) is 5.21 Å². The number of aryl methyl sites for hydroxylation is 1. The van der Waals surface area contributed by atoms with Crippen molar-refractivity contribution in [2.24, 2.45) is 0 Å². The molecule has 5 nitrogen and oxygen atoms in total. The summed E-state index contributed by atoms with van der Waals surface area (Å²) in [6, 6.07) is 2.89. The Morgan fingerprint density at radius 2 is 2.11 bits per heavy atom. The minimum absolute atomic E-state index is 0.141. The average molecular weight is 314 g/mol. The van der Waals surface area contributed by atoms with Gasteiger partial charge in [0, 0.05) is 6.07 Å². The Hall–Kier alpha value is -1.76. The Bertz CT molecular complexity index is 639. The van der Waals surface area contributed by atoms with Crippen molar-refractivity contribution in [1.82, 2.24) is 15.0 Å². The van der Waals surface area contributed by atoms with Crippen LogP contribution in [-0.4, -0.2) is 26.1 Å². The molecule has 1 aromatic heterocycles. The predicted molar refractivity (Wildman–Crippen MR) is 65.5 cm³/mol. The molecule has 0 atom stereocenters. The Kier molecular flexibility index (Phi) is 3.16. The fraction of sp³-hybridized carbons (Fsp3) is 0.182. The summed E-state index contributed by atoms with van der Waals surface area (Å²) in [7, 11) is 0. The lowest BCUT2D eigenvalue weighted by molar-refractivity contribution is 0.0689. The molecule has 2 aromatic rings. The van der Waals surface area contributed by atoms with Crippen LogP contribution in [-0.2, 0) is 0 Å². The summed E-state index contributed by atoms with van der Waals surface area (Å²) < 4.78 is 15.2. The third kappa shape index (κ3) is 2.01. The Labute approximate surface area is 110 Å². The Morgan fingerprint density at radius 3 is 2.67 bits per heavy atom. The minimum Gasteiger partial charge on any atom is -0.476 e. The predicted octanol–water partition coefficient (Wildman–Crippen LogP) is 2.48. The molecule has 18 heavy (non-hydrogen) atoms. The van der Waals surface area contributed by atoms with Crippen LogP contribution in [0, 0.1) is 19.7 Å². The molecule has 0 fully saturated rings. The summed E-state index contributed by atoms with van der Waals surface area (Å²) in [5.41, 5.74) is 1.44. The van der Waals surface area contributed by atoms with E-state index in [1.807, 2.05) is 0 Å². The summed E-state index contributed by atoms with van der Waals surface area (Å²) in [6.45, 7) is 3.35. The molecule has 7 heteroatoms. The van der Waals surface area contributed by atoms with E-state index in [-0.39, 0.29) is 5.69 Å². The van der Waals surface area contributed by atoms with Crippen LogP contribution >= 0.6 is 15.9 Å². The van der Waals surface area contributed by atoms with Gasteiger partial charge in [-0.3, -0.25) is 0 Å². The first-order chi connectivity index (χ1) is 8.41. The zero-order chi connectivity index (χ0) is 13.4. The van der Waals surface area contributed by atoms with Crippen LogP contribution in [0.3, 0.4) is 0 Å². The van der Waals surface area contributed by atoms with E-state index in [2.05, 4.69) is 26.2 Å². The number of nitrogens with zero attached hydrogens (tertiary/aromatic N) is 3. The van der Waals surface area contributed by atoms with Crippen molar-refractivity contribution in [3.8, 4) is 5.69 Å². The lowest BCUT2D eigenvalue weighted by atomic mass is 10.2. The van der Waals surface area contributed by atoms with Crippen LogP contribution in [0.25, 0.3) is 5.69 Å². The third-order valence-corrected chi connectivity index (χ3v) is 3.17. The lowest BCUT2D eigenvalue weighted by Crippen LogP contribution is -2.04. The largest absolute Gasteiger partial charge is 0.476 e. The van der Waals surface area contributed by atoms with Gasteiger partial charge >= 0.3 is 5.97 Å². The second-order valence-corrected chi connectivity index (χ2v) is 4.65. The number of carboxylic acid groups (broad SMARTS) is 1. The summed E-state index contributed by atoms with van der Waals surface area (Å²) in [5, 5.41) is 16.2. The van der Waals surface area contributed by atoms with E-state index in [9.17, 15) is 9.18 Å². The van der Waals surface area contributed by atoms with Crippen molar-refractivity contribution in [2.75, 3.05) is 0 Å². The number of hydrogen-bond acceptors (Lipinski definition) is 3. The molecule has 94 valence electrons. The molecular weight excluding hydrogens is 305 g/mol. The molecule has 0 aliphatic rings. The normalized spacial score (nSPS) is 10.7. The maximum absolute atomic E-state index is 13.5. The van der Waals surface area contributed by atoms with Gasteiger partial charge in [0.2, 0.25) is 0 Å². The van der Waals surface area contributed by atoms with Gasteiger partial charge in [0.1, 0.15) is 5.82 Å². The van der Waals surface area contributed by atoms with E-state index in [1.165, 1.54) is 10.7 Å². The van der Waals surface area contributed by atoms with Crippen LogP contribution in [0.1, 0.15) is 21.7 Å². The van der Waals surface area contributed by atoms with Crippen molar-refractivity contribution < 1.29 is 14.3 Å². The van der Waals surface area contributed by atoms with E-state index in [1.54, 1.807) is 19.9 Å². The molecule has 0 saturated heterocycles. The molecule has 1 aromatic carbocycles. The number of carbonyl (C=O) groups is 1. The van der Waals surface area contributed by atoms with Crippen LogP contribution in [0.4, 0.5) is 4.39 Å². The smallest absolute Gasteiger partial charge is 0.358 e. The molecule has 0 radical (unpaired) electrons. The monoisotopic (exact) mass is 313 g/mol. The first kappa shape index (κ1) is 12.7. The van der Waals surface area contributed by atoms with Crippen LogP contribution in [0.15, 0.2) is 16.6 Å². The molecular formula is C11H9BrFN3O2. The van der Waals surface area contributed by atoms with Gasteiger partial charge in [0.25, 0.3) is 0 Å². The topological polar surface area (TPSA) is 68.0 Å². The molecule has 1 N–H and O–H groups in total. The maximum Gasteiger partial charge on any atom is 0.358 e. The van der Waals surface area contributed by atoms with E-state index < -0.39 is 11.8 Å². The van der Waals surface area contributed by atoms with E-state index in [0.717, 1.165) is 5.56 Å². The highest BCUT2D eigenvalue weighted by molar-refractivity contribution is 9.10. The molecule has 0 unspecified atom stereocenters. The molecule has 1 heterocycles. The molecule has 0 aliphatic carbocycles. The fourth-order valence-corrected chi connectivity index (χ4v) is 2.08. The maximum atomic E-state index is 13.5. The first-order valence-electron chi connectivity index (χ1n) is 5.03. The van der Waals surface area contributed by atoms with Crippen molar-refractivity contribution >= 4 is 21.9 Å². The number of rotatable bonds is 2. The zero-order valence-corrected chi connectivity index (χ0v) is 11.2. The quantitative estimate of drug-likeness (QED) is 0.925. The highest BCUT2D eigenvalue weighted by Crippen LogP contribution is 2.23. The highest BCUT2D eigenvalue weighted by atomic mass is 79.9. The van der Waals surface area contributed by atoms with E-state index >= 15 is 0 Å². The molecule has 0 bridgehead atoms. The molecule has 0 amide bonds.